The Kier molecular flexibility index (Phi) is 6.59. The van der Waals surface area contributed by atoms with Crippen LogP contribution in [-0.2, 0) is 4.79 Å². The smallest absolute Gasteiger partial charge is 0.227 e. The van der Waals surface area contributed by atoms with Crippen LogP contribution in [0, 0.1) is 5.92 Å². The minimum absolute atomic E-state index is 0. The minimum Gasteiger partial charge on any atom is -0.368 e. The molecule has 0 spiro atoms. The van der Waals surface area contributed by atoms with Crippen molar-refractivity contribution in [3.05, 3.63) is 16.9 Å². The molecule has 4 N–H and O–H groups in total. The number of piperidine rings is 1. The SMILES string of the molecule is Cl.Cl.NC1CCCN(c2c(Br)cnc3[nH]cc(NC(=O)C4CC4)c23)C1. The van der Waals surface area contributed by atoms with E-state index in [0.717, 1.165) is 65.7 Å². The molecule has 138 valence electrons. The first-order chi connectivity index (χ1) is 11.1. The molecular formula is C16H22BrCl2N5O. The van der Waals surface area contributed by atoms with Crippen LogP contribution in [0.3, 0.4) is 0 Å². The monoisotopic (exact) mass is 449 g/mol. The first-order valence-corrected chi connectivity index (χ1v) is 8.89. The van der Waals surface area contributed by atoms with Crippen LogP contribution in [0.25, 0.3) is 11.0 Å². The normalized spacial score (nSPS) is 19.9. The van der Waals surface area contributed by atoms with Gasteiger partial charge < -0.3 is 20.9 Å². The minimum atomic E-state index is 0. The Morgan fingerprint density at radius 3 is 2.80 bits per heavy atom. The third kappa shape index (κ3) is 4.05. The molecule has 9 heteroatoms. The number of carbonyl (C=O) groups excluding carboxylic acids is 1. The Morgan fingerprint density at radius 1 is 1.36 bits per heavy atom. The number of aromatic amines is 1. The lowest BCUT2D eigenvalue weighted by atomic mass is 10.1. The Balaban J connectivity index is 0.00000113. The highest BCUT2D eigenvalue weighted by Gasteiger charge is 2.31. The highest BCUT2D eigenvalue weighted by atomic mass is 79.9. The summed E-state index contributed by atoms with van der Waals surface area (Å²) in [6.45, 7) is 1.78. The molecule has 2 fully saturated rings. The number of halogens is 3. The van der Waals surface area contributed by atoms with Crippen molar-refractivity contribution in [1.29, 1.82) is 0 Å². The number of pyridine rings is 1. The van der Waals surface area contributed by atoms with Gasteiger partial charge in [-0.25, -0.2) is 4.98 Å². The number of amides is 1. The van der Waals surface area contributed by atoms with E-state index in [1.807, 2.05) is 6.20 Å². The summed E-state index contributed by atoms with van der Waals surface area (Å²) in [6.07, 6.45) is 7.75. The molecule has 6 nitrogen and oxygen atoms in total. The van der Waals surface area contributed by atoms with Gasteiger partial charge in [0.1, 0.15) is 5.65 Å². The molecule has 0 radical (unpaired) electrons. The molecule has 1 amide bonds. The number of hydrogen-bond donors (Lipinski definition) is 3. The van der Waals surface area contributed by atoms with Crippen molar-refractivity contribution in [2.75, 3.05) is 23.3 Å². The second-order valence-corrected chi connectivity index (χ2v) is 7.35. The fourth-order valence-corrected chi connectivity index (χ4v) is 3.81. The summed E-state index contributed by atoms with van der Waals surface area (Å²) in [7, 11) is 0. The molecular weight excluding hydrogens is 429 g/mol. The van der Waals surface area contributed by atoms with E-state index in [1.54, 1.807) is 6.20 Å². The van der Waals surface area contributed by atoms with E-state index in [9.17, 15) is 4.79 Å². The summed E-state index contributed by atoms with van der Waals surface area (Å²) in [5.74, 6) is 0.277. The lowest BCUT2D eigenvalue weighted by Gasteiger charge is -2.33. The van der Waals surface area contributed by atoms with Crippen LogP contribution in [0.1, 0.15) is 25.7 Å². The summed E-state index contributed by atoms with van der Waals surface area (Å²) < 4.78 is 0.931. The fourth-order valence-electron chi connectivity index (χ4n) is 3.26. The number of nitrogens with zero attached hydrogens (tertiary/aromatic N) is 2. The van der Waals surface area contributed by atoms with E-state index in [2.05, 4.69) is 36.1 Å². The van der Waals surface area contributed by atoms with Crippen molar-refractivity contribution >= 4 is 69.1 Å². The molecule has 25 heavy (non-hydrogen) atoms. The molecule has 2 aromatic heterocycles. The summed E-state index contributed by atoms with van der Waals surface area (Å²) in [5, 5.41) is 4.02. The number of fused-ring (bicyclic) bond motifs is 1. The van der Waals surface area contributed by atoms with E-state index in [1.165, 1.54) is 0 Å². The molecule has 0 aromatic carbocycles. The van der Waals surface area contributed by atoms with Crippen molar-refractivity contribution < 1.29 is 4.79 Å². The lowest BCUT2D eigenvalue weighted by molar-refractivity contribution is -0.117. The summed E-state index contributed by atoms with van der Waals surface area (Å²) in [6, 6.07) is 0.183. The topological polar surface area (TPSA) is 87.0 Å². The Morgan fingerprint density at radius 2 is 2.12 bits per heavy atom. The van der Waals surface area contributed by atoms with Gasteiger partial charge in [-0.2, -0.15) is 0 Å². The van der Waals surface area contributed by atoms with Gasteiger partial charge in [0.15, 0.2) is 0 Å². The molecule has 3 heterocycles. The number of nitrogens with two attached hydrogens (primary N) is 1. The highest BCUT2D eigenvalue weighted by molar-refractivity contribution is 9.10. The van der Waals surface area contributed by atoms with Gasteiger partial charge in [-0.15, -0.1) is 24.8 Å². The molecule has 2 aliphatic rings. The quantitative estimate of drug-likeness (QED) is 0.668. The van der Waals surface area contributed by atoms with Gasteiger partial charge in [0.05, 0.1) is 21.2 Å². The predicted molar refractivity (Wildman–Crippen MR) is 109 cm³/mol. The molecule has 1 saturated heterocycles. The molecule has 0 bridgehead atoms. The number of H-pyrrole nitrogens is 1. The fraction of sp³-hybridized carbons (Fsp3) is 0.500. The van der Waals surface area contributed by atoms with Gasteiger partial charge in [0, 0.05) is 37.4 Å². The Bertz CT molecular complexity index is 764. The first kappa shape index (κ1) is 20.3. The summed E-state index contributed by atoms with van der Waals surface area (Å²) in [5.41, 5.74) is 8.81. The number of rotatable bonds is 3. The van der Waals surface area contributed by atoms with Crippen LogP contribution < -0.4 is 16.0 Å². The van der Waals surface area contributed by atoms with Crippen LogP contribution >= 0.6 is 40.7 Å². The zero-order chi connectivity index (χ0) is 16.0. The standard InChI is InChI=1S/C16H20BrN5O.2ClH/c17-11-6-19-15-13(14(11)22-5-1-2-10(18)8-22)12(7-20-15)21-16(23)9-3-4-9;;/h6-7,9-10H,1-5,8,18H2,(H,19,20)(H,21,23);2*1H. The van der Waals surface area contributed by atoms with Crippen molar-refractivity contribution in [1.82, 2.24) is 9.97 Å². The van der Waals surface area contributed by atoms with Crippen LogP contribution in [0.5, 0.6) is 0 Å². The maximum absolute atomic E-state index is 12.2. The van der Waals surface area contributed by atoms with E-state index in [0.29, 0.717) is 0 Å². The average Bonchev–Trinajstić information content (AvgIpc) is 3.31. The van der Waals surface area contributed by atoms with Gasteiger partial charge in [0.2, 0.25) is 5.91 Å². The maximum atomic E-state index is 12.2. The van der Waals surface area contributed by atoms with Gasteiger partial charge in [-0.1, -0.05) is 0 Å². The molecule has 1 aliphatic heterocycles. The van der Waals surface area contributed by atoms with Gasteiger partial charge in [-0.3, -0.25) is 4.79 Å². The zero-order valence-corrected chi connectivity index (χ0v) is 16.8. The third-order valence-corrected chi connectivity index (χ3v) is 5.19. The molecule has 1 saturated carbocycles. The van der Waals surface area contributed by atoms with Crippen molar-refractivity contribution in [2.24, 2.45) is 11.7 Å². The van der Waals surface area contributed by atoms with Gasteiger partial charge >= 0.3 is 0 Å². The van der Waals surface area contributed by atoms with E-state index >= 15 is 0 Å². The number of carbonyl (C=O) groups is 1. The van der Waals surface area contributed by atoms with Crippen molar-refractivity contribution in [2.45, 2.75) is 31.7 Å². The van der Waals surface area contributed by atoms with Crippen LogP contribution in [0.2, 0.25) is 0 Å². The Hall–Kier alpha value is -1.02. The first-order valence-electron chi connectivity index (χ1n) is 8.10. The number of anilines is 2. The van der Waals surface area contributed by atoms with Crippen molar-refractivity contribution in [3.63, 3.8) is 0 Å². The van der Waals surface area contributed by atoms with E-state index < -0.39 is 0 Å². The Labute approximate surface area is 167 Å². The largest absolute Gasteiger partial charge is 0.368 e. The molecule has 1 aliphatic carbocycles. The third-order valence-electron chi connectivity index (χ3n) is 4.61. The zero-order valence-electron chi connectivity index (χ0n) is 13.6. The van der Waals surface area contributed by atoms with Crippen molar-refractivity contribution in [3.8, 4) is 0 Å². The molecule has 1 atom stereocenters. The van der Waals surface area contributed by atoms with Gasteiger partial charge in [0.25, 0.3) is 0 Å². The second-order valence-electron chi connectivity index (χ2n) is 6.49. The highest BCUT2D eigenvalue weighted by Crippen LogP contribution is 2.39. The van der Waals surface area contributed by atoms with E-state index in [-0.39, 0.29) is 42.7 Å². The van der Waals surface area contributed by atoms with E-state index in [4.69, 9.17) is 5.73 Å². The van der Waals surface area contributed by atoms with Crippen LogP contribution in [0.15, 0.2) is 16.9 Å². The maximum Gasteiger partial charge on any atom is 0.227 e. The summed E-state index contributed by atoms with van der Waals surface area (Å²) >= 11 is 3.63. The second kappa shape index (κ2) is 8.12. The van der Waals surface area contributed by atoms with Crippen LogP contribution in [-0.4, -0.2) is 35.0 Å². The molecule has 1 unspecified atom stereocenters. The predicted octanol–water partition coefficient (Wildman–Crippen LogP) is 3.45. The average molecular weight is 451 g/mol. The number of aromatic nitrogens is 2. The summed E-state index contributed by atoms with van der Waals surface area (Å²) in [4.78, 5) is 22.0. The number of hydrogen-bond acceptors (Lipinski definition) is 4. The lowest BCUT2D eigenvalue weighted by Crippen LogP contribution is -2.43. The number of nitrogens with one attached hydrogen (secondary N) is 2. The van der Waals surface area contributed by atoms with Gasteiger partial charge in [-0.05, 0) is 41.6 Å². The molecule has 2 aromatic rings. The molecule has 4 rings (SSSR count). The van der Waals surface area contributed by atoms with Crippen LogP contribution in [0.4, 0.5) is 11.4 Å².